The molecule has 0 saturated carbocycles. The van der Waals surface area contributed by atoms with Gasteiger partial charge in [-0.2, -0.15) is 5.10 Å². The Bertz CT molecular complexity index is 905. The maximum atomic E-state index is 13.2. The summed E-state index contributed by atoms with van der Waals surface area (Å²) in [4.78, 5) is 12.0. The minimum atomic E-state index is -0.337. The van der Waals surface area contributed by atoms with Gasteiger partial charge >= 0.3 is 0 Å². The van der Waals surface area contributed by atoms with E-state index in [-0.39, 0.29) is 11.7 Å². The molecule has 3 aromatic rings. The molecule has 120 valence electrons. The quantitative estimate of drug-likeness (QED) is 0.525. The Labute approximate surface area is 146 Å². The highest BCUT2D eigenvalue weighted by Crippen LogP contribution is 2.22. The maximum Gasteiger partial charge on any atom is 0.272 e. The SMILES string of the molecule is O=C(N/N=C\c1ccc(-c2cccc(F)c2)o1)c1ccccc1Br. The molecule has 0 aliphatic heterocycles. The molecule has 2 aromatic carbocycles. The molecular formula is C18H12BrFN2O2. The van der Waals surface area contributed by atoms with E-state index in [9.17, 15) is 9.18 Å². The highest BCUT2D eigenvalue weighted by Gasteiger charge is 2.08. The normalized spacial score (nSPS) is 10.9. The third-order valence-corrected chi connectivity index (χ3v) is 3.90. The van der Waals surface area contributed by atoms with Gasteiger partial charge in [-0.05, 0) is 52.3 Å². The molecule has 1 N–H and O–H groups in total. The van der Waals surface area contributed by atoms with Crippen molar-refractivity contribution in [2.75, 3.05) is 0 Å². The van der Waals surface area contributed by atoms with Crippen LogP contribution in [0.4, 0.5) is 4.39 Å². The zero-order chi connectivity index (χ0) is 16.9. The van der Waals surface area contributed by atoms with E-state index in [1.54, 1.807) is 42.5 Å². The number of rotatable bonds is 4. The lowest BCUT2D eigenvalue weighted by Crippen LogP contribution is -2.17. The van der Waals surface area contributed by atoms with Gasteiger partial charge in [-0.1, -0.05) is 24.3 Å². The van der Waals surface area contributed by atoms with Gasteiger partial charge in [0, 0.05) is 10.0 Å². The van der Waals surface area contributed by atoms with Gasteiger partial charge in [0.1, 0.15) is 17.3 Å². The fourth-order valence-electron chi connectivity index (χ4n) is 2.08. The molecule has 0 aliphatic rings. The van der Waals surface area contributed by atoms with E-state index in [0.717, 1.165) is 0 Å². The molecule has 0 radical (unpaired) electrons. The van der Waals surface area contributed by atoms with Gasteiger partial charge in [-0.25, -0.2) is 9.82 Å². The summed E-state index contributed by atoms with van der Waals surface area (Å²) in [6.07, 6.45) is 1.39. The average molecular weight is 387 g/mol. The number of halogens is 2. The second kappa shape index (κ2) is 7.23. The number of amides is 1. The molecule has 3 rings (SSSR count). The van der Waals surface area contributed by atoms with E-state index in [4.69, 9.17) is 4.42 Å². The second-order valence-corrected chi connectivity index (χ2v) is 5.75. The Morgan fingerprint density at radius 2 is 1.96 bits per heavy atom. The number of nitrogens with one attached hydrogen (secondary N) is 1. The molecule has 1 aromatic heterocycles. The summed E-state index contributed by atoms with van der Waals surface area (Å²) < 4.78 is 19.5. The van der Waals surface area contributed by atoms with Gasteiger partial charge in [0.15, 0.2) is 0 Å². The van der Waals surface area contributed by atoms with Gasteiger partial charge < -0.3 is 4.42 Å². The molecule has 0 aliphatic carbocycles. The second-order valence-electron chi connectivity index (χ2n) is 4.89. The van der Waals surface area contributed by atoms with Crippen LogP contribution >= 0.6 is 15.9 Å². The Morgan fingerprint density at radius 1 is 1.12 bits per heavy atom. The summed E-state index contributed by atoms with van der Waals surface area (Å²) in [7, 11) is 0. The highest BCUT2D eigenvalue weighted by atomic mass is 79.9. The Kier molecular flexibility index (Phi) is 4.86. The van der Waals surface area contributed by atoms with Crippen molar-refractivity contribution in [1.29, 1.82) is 0 Å². The van der Waals surface area contributed by atoms with E-state index >= 15 is 0 Å². The van der Waals surface area contributed by atoms with Crippen LogP contribution in [0.15, 0.2) is 74.7 Å². The van der Waals surface area contributed by atoms with Gasteiger partial charge in [-0.15, -0.1) is 0 Å². The standard InChI is InChI=1S/C18H12BrFN2O2/c19-16-7-2-1-6-15(16)18(23)22-21-11-14-8-9-17(24-14)12-4-3-5-13(20)10-12/h1-11H,(H,22,23)/b21-11-. The van der Waals surface area contributed by atoms with Crippen LogP contribution in [0.2, 0.25) is 0 Å². The number of benzene rings is 2. The minimum Gasteiger partial charge on any atom is -0.455 e. The molecule has 6 heteroatoms. The first kappa shape index (κ1) is 16.1. The molecule has 0 fully saturated rings. The van der Waals surface area contributed by atoms with Gasteiger partial charge in [0.2, 0.25) is 0 Å². The fraction of sp³-hybridized carbons (Fsp3) is 0. The third-order valence-electron chi connectivity index (χ3n) is 3.21. The number of carbonyl (C=O) groups is 1. The van der Waals surface area contributed by atoms with Gasteiger partial charge in [-0.3, -0.25) is 4.79 Å². The molecule has 0 bridgehead atoms. The van der Waals surface area contributed by atoms with Crippen molar-refractivity contribution in [1.82, 2.24) is 5.43 Å². The molecule has 1 amide bonds. The average Bonchev–Trinajstić information content (AvgIpc) is 3.04. The minimum absolute atomic E-state index is 0.334. The molecule has 0 spiro atoms. The molecule has 1 heterocycles. The monoisotopic (exact) mass is 386 g/mol. The number of hydrogen-bond acceptors (Lipinski definition) is 3. The Hall–Kier alpha value is -2.73. The van der Waals surface area contributed by atoms with Crippen molar-refractivity contribution < 1.29 is 13.6 Å². The smallest absolute Gasteiger partial charge is 0.272 e. The zero-order valence-electron chi connectivity index (χ0n) is 12.4. The van der Waals surface area contributed by atoms with E-state index in [1.807, 2.05) is 6.07 Å². The predicted octanol–water partition coefficient (Wildman–Crippen LogP) is 4.61. The van der Waals surface area contributed by atoms with Crippen LogP contribution in [0.1, 0.15) is 16.1 Å². The first-order chi connectivity index (χ1) is 11.6. The summed E-state index contributed by atoms with van der Waals surface area (Å²) in [6.45, 7) is 0. The molecule has 4 nitrogen and oxygen atoms in total. The lowest BCUT2D eigenvalue weighted by molar-refractivity contribution is 0.0954. The predicted molar refractivity (Wildman–Crippen MR) is 93.3 cm³/mol. The van der Waals surface area contributed by atoms with Crippen LogP contribution in [0.5, 0.6) is 0 Å². The van der Waals surface area contributed by atoms with Crippen LogP contribution in [0.25, 0.3) is 11.3 Å². The van der Waals surface area contributed by atoms with E-state index < -0.39 is 0 Å². The first-order valence-corrected chi connectivity index (χ1v) is 7.86. The molecular weight excluding hydrogens is 375 g/mol. The summed E-state index contributed by atoms with van der Waals surface area (Å²) in [6, 6.07) is 16.6. The van der Waals surface area contributed by atoms with Gasteiger partial charge in [0.05, 0.1) is 11.8 Å². The first-order valence-electron chi connectivity index (χ1n) is 7.07. The van der Waals surface area contributed by atoms with Crippen LogP contribution in [-0.2, 0) is 0 Å². The largest absolute Gasteiger partial charge is 0.455 e. The van der Waals surface area contributed by atoms with Crippen LogP contribution in [0.3, 0.4) is 0 Å². The lowest BCUT2D eigenvalue weighted by Gasteiger charge is -2.01. The third kappa shape index (κ3) is 3.78. The lowest BCUT2D eigenvalue weighted by atomic mass is 10.2. The fourth-order valence-corrected chi connectivity index (χ4v) is 2.54. The van der Waals surface area contributed by atoms with Crippen molar-refractivity contribution in [2.24, 2.45) is 5.10 Å². The summed E-state index contributed by atoms with van der Waals surface area (Å²) in [5, 5.41) is 3.87. The number of carbonyl (C=O) groups excluding carboxylic acids is 1. The molecule has 0 unspecified atom stereocenters. The molecule has 24 heavy (non-hydrogen) atoms. The van der Waals surface area contributed by atoms with Crippen molar-refractivity contribution in [3.8, 4) is 11.3 Å². The van der Waals surface area contributed by atoms with Crippen molar-refractivity contribution in [3.05, 3.63) is 82.3 Å². The molecule has 0 saturated heterocycles. The topological polar surface area (TPSA) is 54.6 Å². The molecule has 0 atom stereocenters. The summed E-state index contributed by atoms with van der Waals surface area (Å²) in [5.41, 5.74) is 3.54. The summed E-state index contributed by atoms with van der Waals surface area (Å²) >= 11 is 3.31. The van der Waals surface area contributed by atoms with E-state index in [1.165, 1.54) is 18.3 Å². The number of nitrogens with zero attached hydrogens (tertiary/aromatic N) is 1. The Balaban J connectivity index is 1.68. The highest BCUT2D eigenvalue weighted by molar-refractivity contribution is 9.10. The van der Waals surface area contributed by atoms with Crippen molar-refractivity contribution in [2.45, 2.75) is 0 Å². The number of furan rings is 1. The van der Waals surface area contributed by atoms with Gasteiger partial charge in [0.25, 0.3) is 5.91 Å². The van der Waals surface area contributed by atoms with Crippen molar-refractivity contribution in [3.63, 3.8) is 0 Å². The Morgan fingerprint density at radius 3 is 2.75 bits per heavy atom. The number of hydrogen-bond donors (Lipinski definition) is 1. The van der Waals surface area contributed by atoms with Crippen LogP contribution in [-0.4, -0.2) is 12.1 Å². The van der Waals surface area contributed by atoms with E-state index in [0.29, 0.717) is 27.1 Å². The number of hydrazone groups is 1. The van der Waals surface area contributed by atoms with Crippen LogP contribution in [0, 0.1) is 5.82 Å². The zero-order valence-corrected chi connectivity index (χ0v) is 14.0. The van der Waals surface area contributed by atoms with E-state index in [2.05, 4.69) is 26.5 Å². The van der Waals surface area contributed by atoms with Crippen LogP contribution < -0.4 is 5.43 Å². The van der Waals surface area contributed by atoms with Crippen molar-refractivity contribution >= 4 is 28.1 Å². The summed E-state index contributed by atoms with van der Waals surface area (Å²) in [5.74, 6) is 0.297. The maximum absolute atomic E-state index is 13.2.